The van der Waals surface area contributed by atoms with Crippen molar-refractivity contribution in [3.63, 3.8) is 0 Å². The van der Waals surface area contributed by atoms with Gasteiger partial charge in [-0.05, 0) is 13.1 Å². The van der Waals surface area contributed by atoms with Crippen molar-refractivity contribution in [2.75, 3.05) is 46.3 Å². The molecule has 1 unspecified atom stereocenters. The predicted octanol–water partition coefficient (Wildman–Crippen LogP) is 0.100. The molecule has 114 valence electrons. The summed E-state index contributed by atoms with van der Waals surface area (Å²) < 4.78 is 0. The number of amides is 1. The summed E-state index contributed by atoms with van der Waals surface area (Å²) in [7, 11) is 2.10. The smallest absolute Gasteiger partial charge is 0.260 e. The van der Waals surface area contributed by atoms with Crippen LogP contribution in [0.5, 0.6) is 0 Å². The number of fused-ring (bicyclic) bond motifs is 1. The van der Waals surface area contributed by atoms with Crippen molar-refractivity contribution in [3.8, 4) is 0 Å². The largest absolute Gasteiger partial charge is 0.336 e. The van der Waals surface area contributed by atoms with E-state index in [0.29, 0.717) is 24.2 Å². The maximum absolute atomic E-state index is 12.5. The van der Waals surface area contributed by atoms with E-state index in [1.165, 1.54) is 12.3 Å². The minimum Gasteiger partial charge on any atom is -0.336 e. The van der Waals surface area contributed by atoms with Crippen LogP contribution in [0.4, 0.5) is 0 Å². The Kier molecular flexibility index (Phi) is 4.01. The summed E-state index contributed by atoms with van der Waals surface area (Å²) in [6.45, 7) is 5.25. The molecule has 0 saturated carbocycles. The Bertz CT molecular complexity index is 603. The van der Waals surface area contributed by atoms with E-state index in [1.54, 1.807) is 4.90 Å². The normalized spacial score (nSPS) is 23.9. The van der Waals surface area contributed by atoms with Crippen molar-refractivity contribution in [3.05, 3.63) is 33.2 Å². The van der Waals surface area contributed by atoms with Gasteiger partial charge in [0.05, 0.1) is 5.02 Å². The summed E-state index contributed by atoms with van der Waals surface area (Å²) in [6.07, 6.45) is 1.40. The van der Waals surface area contributed by atoms with Gasteiger partial charge in [-0.15, -0.1) is 0 Å². The highest BCUT2D eigenvalue weighted by Crippen LogP contribution is 2.16. The maximum Gasteiger partial charge on any atom is 0.260 e. The van der Waals surface area contributed by atoms with E-state index in [1.807, 2.05) is 0 Å². The Morgan fingerprint density at radius 2 is 2.05 bits per heavy atom. The van der Waals surface area contributed by atoms with E-state index < -0.39 is 0 Å². The van der Waals surface area contributed by atoms with Crippen LogP contribution in [0, 0.1) is 0 Å². The van der Waals surface area contributed by atoms with Crippen LogP contribution in [-0.2, 0) is 0 Å². The molecule has 1 aromatic heterocycles. The van der Waals surface area contributed by atoms with Crippen LogP contribution in [0.25, 0.3) is 0 Å². The number of piperazine rings is 2. The van der Waals surface area contributed by atoms with Crippen molar-refractivity contribution in [1.82, 2.24) is 19.7 Å². The number of hydrogen-bond donors (Lipinski definition) is 1. The molecule has 6 nitrogen and oxygen atoms in total. The van der Waals surface area contributed by atoms with Crippen molar-refractivity contribution >= 4 is 17.5 Å². The number of pyridine rings is 1. The number of likely N-dealkylation sites (N-methyl/N-ethyl adjacent to an activating group) is 1. The third kappa shape index (κ3) is 2.97. The first-order valence-corrected chi connectivity index (χ1v) is 7.52. The van der Waals surface area contributed by atoms with Gasteiger partial charge in [0.1, 0.15) is 5.56 Å². The first-order chi connectivity index (χ1) is 10.0. The van der Waals surface area contributed by atoms with Crippen LogP contribution in [0.1, 0.15) is 10.4 Å². The Labute approximate surface area is 128 Å². The van der Waals surface area contributed by atoms with E-state index in [-0.39, 0.29) is 17.0 Å². The molecule has 1 N–H and O–H groups in total. The maximum atomic E-state index is 12.5. The van der Waals surface area contributed by atoms with Crippen molar-refractivity contribution in [1.29, 1.82) is 0 Å². The molecule has 1 amide bonds. The lowest BCUT2D eigenvalue weighted by Gasteiger charge is -2.46. The van der Waals surface area contributed by atoms with E-state index in [9.17, 15) is 9.59 Å². The zero-order chi connectivity index (χ0) is 15.0. The Balaban J connectivity index is 1.76. The van der Waals surface area contributed by atoms with E-state index in [4.69, 9.17) is 11.6 Å². The second kappa shape index (κ2) is 5.79. The quantitative estimate of drug-likeness (QED) is 0.799. The lowest BCUT2D eigenvalue weighted by molar-refractivity contribution is 0.0189. The summed E-state index contributed by atoms with van der Waals surface area (Å²) in [4.78, 5) is 33.3. The molecule has 3 heterocycles. The molecule has 0 spiro atoms. The van der Waals surface area contributed by atoms with Gasteiger partial charge in [0.2, 0.25) is 0 Å². The van der Waals surface area contributed by atoms with Gasteiger partial charge in [0.15, 0.2) is 0 Å². The van der Waals surface area contributed by atoms with E-state index in [0.717, 1.165) is 26.2 Å². The van der Waals surface area contributed by atoms with Gasteiger partial charge in [-0.3, -0.25) is 14.5 Å². The number of aromatic nitrogens is 1. The average molecular weight is 311 g/mol. The Morgan fingerprint density at radius 1 is 1.29 bits per heavy atom. The molecule has 2 saturated heterocycles. The molecule has 2 fully saturated rings. The highest BCUT2D eigenvalue weighted by Gasteiger charge is 2.33. The molecule has 0 radical (unpaired) electrons. The molecule has 1 aromatic rings. The predicted molar refractivity (Wildman–Crippen MR) is 80.8 cm³/mol. The number of carbonyl (C=O) groups is 1. The number of hydrogen-bond acceptors (Lipinski definition) is 4. The van der Waals surface area contributed by atoms with Gasteiger partial charge >= 0.3 is 0 Å². The number of aromatic amines is 1. The monoisotopic (exact) mass is 310 g/mol. The molecule has 0 aliphatic carbocycles. The highest BCUT2D eigenvalue weighted by molar-refractivity contribution is 6.30. The third-order valence-electron chi connectivity index (χ3n) is 4.28. The molecule has 1 atom stereocenters. The fraction of sp³-hybridized carbons (Fsp3) is 0.571. The van der Waals surface area contributed by atoms with Crippen LogP contribution in [-0.4, -0.2) is 77.9 Å². The average Bonchev–Trinajstić information content (AvgIpc) is 2.48. The van der Waals surface area contributed by atoms with Crippen LogP contribution < -0.4 is 5.56 Å². The molecular weight excluding hydrogens is 292 g/mol. The summed E-state index contributed by atoms with van der Waals surface area (Å²) in [5.41, 5.74) is -0.257. The van der Waals surface area contributed by atoms with Crippen LogP contribution in [0.2, 0.25) is 5.02 Å². The van der Waals surface area contributed by atoms with Crippen LogP contribution in [0.3, 0.4) is 0 Å². The molecular formula is C14H19ClN4O2. The summed E-state index contributed by atoms with van der Waals surface area (Å²) in [5.74, 6) is -0.230. The summed E-state index contributed by atoms with van der Waals surface area (Å²) in [5, 5.41) is 0.369. The highest BCUT2D eigenvalue weighted by atomic mass is 35.5. The van der Waals surface area contributed by atoms with E-state index >= 15 is 0 Å². The second-order valence-electron chi connectivity index (χ2n) is 5.76. The lowest BCUT2D eigenvalue weighted by Crippen LogP contribution is -2.62. The molecule has 7 heteroatoms. The van der Waals surface area contributed by atoms with Crippen molar-refractivity contribution in [2.45, 2.75) is 6.04 Å². The SMILES string of the molecule is CN1CCN2CCN(C(=O)c3cc(Cl)c[nH]c3=O)CC2C1. The molecule has 21 heavy (non-hydrogen) atoms. The first kappa shape index (κ1) is 14.6. The van der Waals surface area contributed by atoms with Crippen molar-refractivity contribution in [2.24, 2.45) is 0 Å². The molecule has 0 bridgehead atoms. The number of carbonyl (C=O) groups excluding carboxylic acids is 1. The van der Waals surface area contributed by atoms with Gasteiger partial charge in [-0.25, -0.2) is 0 Å². The zero-order valence-electron chi connectivity index (χ0n) is 12.0. The van der Waals surface area contributed by atoms with Crippen LogP contribution >= 0.6 is 11.6 Å². The zero-order valence-corrected chi connectivity index (χ0v) is 12.8. The lowest BCUT2D eigenvalue weighted by atomic mass is 10.1. The van der Waals surface area contributed by atoms with Gasteiger partial charge < -0.3 is 14.8 Å². The van der Waals surface area contributed by atoms with E-state index in [2.05, 4.69) is 21.8 Å². The fourth-order valence-electron chi connectivity index (χ4n) is 3.08. The number of halogens is 1. The molecule has 0 aromatic carbocycles. The topological polar surface area (TPSA) is 59.6 Å². The number of H-pyrrole nitrogens is 1. The number of nitrogens with one attached hydrogen (secondary N) is 1. The van der Waals surface area contributed by atoms with Gasteiger partial charge in [0.25, 0.3) is 11.5 Å². The first-order valence-electron chi connectivity index (χ1n) is 7.14. The van der Waals surface area contributed by atoms with Crippen molar-refractivity contribution < 1.29 is 4.79 Å². The number of nitrogens with zero attached hydrogens (tertiary/aromatic N) is 3. The van der Waals surface area contributed by atoms with Gasteiger partial charge in [-0.1, -0.05) is 11.6 Å². The third-order valence-corrected chi connectivity index (χ3v) is 4.50. The molecule has 2 aliphatic heterocycles. The summed E-state index contributed by atoms with van der Waals surface area (Å²) in [6, 6.07) is 1.79. The summed E-state index contributed by atoms with van der Waals surface area (Å²) >= 11 is 5.87. The van der Waals surface area contributed by atoms with Gasteiger partial charge in [-0.2, -0.15) is 0 Å². The molecule has 2 aliphatic rings. The standard InChI is InChI=1S/C14H19ClN4O2/c1-17-2-3-18-4-5-19(9-11(18)8-17)14(21)12-6-10(15)7-16-13(12)20/h6-7,11H,2-5,8-9H2,1H3,(H,16,20). The Morgan fingerprint density at radius 3 is 2.86 bits per heavy atom. The fourth-order valence-corrected chi connectivity index (χ4v) is 3.25. The van der Waals surface area contributed by atoms with Gasteiger partial charge in [0, 0.05) is 51.5 Å². The minimum absolute atomic E-state index is 0.125. The van der Waals surface area contributed by atoms with Crippen LogP contribution in [0.15, 0.2) is 17.1 Å². The minimum atomic E-state index is -0.382. The second-order valence-corrected chi connectivity index (χ2v) is 6.20. The number of rotatable bonds is 1. The molecule has 3 rings (SSSR count). The Hall–Kier alpha value is -1.37.